The van der Waals surface area contributed by atoms with E-state index in [0.717, 1.165) is 0 Å². The Balaban J connectivity index is 2.36. The summed E-state index contributed by atoms with van der Waals surface area (Å²) in [4.78, 5) is 16.4. The van der Waals surface area contributed by atoms with Gasteiger partial charge in [0.2, 0.25) is 5.82 Å². The van der Waals surface area contributed by atoms with E-state index in [1.165, 1.54) is 12.1 Å². The van der Waals surface area contributed by atoms with E-state index >= 15 is 0 Å². The van der Waals surface area contributed by atoms with Gasteiger partial charge in [-0.1, -0.05) is 11.6 Å². The van der Waals surface area contributed by atoms with Crippen molar-refractivity contribution < 1.29 is 9.34 Å². The number of aromatic nitrogens is 1. The molecular formula is C12H12ClN3O3. The number of furan rings is 1. The average Bonchev–Trinajstić information content (AvgIpc) is 2.88. The maximum atomic E-state index is 11.0. The highest BCUT2D eigenvalue weighted by atomic mass is 35.5. The van der Waals surface area contributed by atoms with Crippen LogP contribution in [0.3, 0.4) is 0 Å². The summed E-state index contributed by atoms with van der Waals surface area (Å²) in [5.74, 6) is 0.953. The number of nitro groups is 1. The average molecular weight is 282 g/mol. The second-order valence-electron chi connectivity index (χ2n) is 3.83. The van der Waals surface area contributed by atoms with Crippen LogP contribution in [0.25, 0.3) is 0 Å². The lowest BCUT2D eigenvalue weighted by atomic mass is 10.3. The van der Waals surface area contributed by atoms with Crippen LogP contribution < -0.4 is 4.90 Å². The molecule has 0 saturated carbocycles. The topological polar surface area (TPSA) is 72.4 Å². The van der Waals surface area contributed by atoms with Crippen molar-refractivity contribution in [2.75, 3.05) is 11.4 Å². The van der Waals surface area contributed by atoms with Crippen molar-refractivity contribution in [3.63, 3.8) is 0 Å². The van der Waals surface area contributed by atoms with Crippen molar-refractivity contribution in [3.8, 4) is 0 Å². The molecule has 0 fully saturated rings. The molecule has 0 atom stereocenters. The van der Waals surface area contributed by atoms with E-state index < -0.39 is 4.92 Å². The molecule has 0 radical (unpaired) electrons. The summed E-state index contributed by atoms with van der Waals surface area (Å²) >= 11 is 5.82. The van der Waals surface area contributed by atoms with Crippen LogP contribution in [0.5, 0.6) is 0 Å². The molecule has 0 aliphatic rings. The molecule has 2 aromatic heterocycles. The zero-order valence-electron chi connectivity index (χ0n) is 10.2. The molecule has 19 heavy (non-hydrogen) atoms. The van der Waals surface area contributed by atoms with Crippen molar-refractivity contribution in [1.82, 2.24) is 4.98 Å². The minimum atomic E-state index is -0.469. The Morgan fingerprint density at radius 3 is 2.84 bits per heavy atom. The predicted molar refractivity (Wildman–Crippen MR) is 71.3 cm³/mol. The second kappa shape index (κ2) is 5.71. The van der Waals surface area contributed by atoms with Gasteiger partial charge < -0.3 is 9.32 Å². The van der Waals surface area contributed by atoms with E-state index in [-0.39, 0.29) is 16.7 Å². The van der Waals surface area contributed by atoms with Gasteiger partial charge >= 0.3 is 5.69 Å². The molecule has 0 unspecified atom stereocenters. The number of anilines is 1. The molecule has 0 aliphatic carbocycles. The van der Waals surface area contributed by atoms with Crippen LogP contribution in [0.1, 0.15) is 12.7 Å². The van der Waals surface area contributed by atoms with E-state index in [0.29, 0.717) is 18.8 Å². The van der Waals surface area contributed by atoms with Crippen molar-refractivity contribution >= 4 is 23.1 Å². The fraction of sp³-hybridized carbons (Fsp3) is 0.250. The summed E-state index contributed by atoms with van der Waals surface area (Å²) in [5, 5.41) is 11.2. The zero-order chi connectivity index (χ0) is 13.8. The number of nitrogens with zero attached hydrogens (tertiary/aromatic N) is 3. The predicted octanol–water partition coefficient (Wildman–Crippen LogP) is 3.26. The Morgan fingerprint density at radius 1 is 1.47 bits per heavy atom. The highest BCUT2D eigenvalue weighted by molar-refractivity contribution is 6.29. The van der Waals surface area contributed by atoms with Gasteiger partial charge in [0.15, 0.2) is 0 Å². The third kappa shape index (κ3) is 3.03. The number of hydrogen-bond acceptors (Lipinski definition) is 5. The highest BCUT2D eigenvalue weighted by Crippen LogP contribution is 2.28. The van der Waals surface area contributed by atoms with Crippen LogP contribution in [0.4, 0.5) is 11.5 Å². The molecule has 0 saturated heterocycles. The molecule has 0 amide bonds. The summed E-state index contributed by atoms with van der Waals surface area (Å²) in [7, 11) is 0. The van der Waals surface area contributed by atoms with E-state index in [1.54, 1.807) is 23.3 Å². The monoisotopic (exact) mass is 281 g/mol. The summed E-state index contributed by atoms with van der Waals surface area (Å²) in [6.45, 7) is 2.84. The molecule has 0 N–H and O–H groups in total. The maximum Gasteiger partial charge on any atom is 0.311 e. The van der Waals surface area contributed by atoms with Gasteiger partial charge in [-0.15, -0.1) is 0 Å². The zero-order valence-corrected chi connectivity index (χ0v) is 11.0. The fourth-order valence-corrected chi connectivity index (χ4v) is 1.86. The number of rotatable bonds is 5. The second-order valence-corrected chi connectivity index (χ2v) is 4.21. The molecule has 0 bridgehead atoms. The number of halogens is 1. The Hall–Kier alpha value is -2.08. The Bertz CT molecular complexity index is 572. The minimum absolute atomic E-state index is 0.0715. The molecular weight excluding hydrogens is 270 g/mol. The van der Waals surface area contributed by atoms with E-state index in [2.05, 4.69) is 4.98 Å². The molecule has 0 spiro atoms. The lowest BCUT2D eigenvalue weighted by Crippen LogP contribution is -2.23. The first-order chi connectivity index (χ1) is 9.11. The quantitative estimate of drug-likeness (QED) is 0.478. The van der Waals surface area contributed by atoms with Gasteiger partial charge in [-0.05, 0) is 25.1 Å². The normalized spacial score (nSPS) is 10.4. The standard InChI is InChI=1S/C12H12ClN3O3/c1-2-15(8-9-4-3-7-19-9)12-10(16(17)18)5-6-11(13)14-12/h3-7H,2,8H2,1H3. The van der Waals surface area contributed by atoms with Crippen LogP contribution >= 0.6 is 11.6 Å². The molecule has 2 rings (SSSR count). The maximum absolute atomic E-state index is 11.0. The van der Waals surface area contributed by atoms with Gasteiger partial charge in [-0.2, -0.15) is 0 Å². The van der Waals surface area contributed by atoms with Crippen molar-refractivity contribution in [3.05, 3.63) is 51.6 Å². The van der Waals surface area contributed by atoms with Crippen molar-refractivity contribution in [2.45, 2.75) is 13.5 Å². The Labute approximate surface area is 114 Å². The highest BCUT2D eigenvalue weighted by Gasteiger charge is 2.21. The van der Waals surface area contributed by atoms with Crippen LogP contribution in [0, 0.1) is 10.1 Å². The van der Waals surface area contributed by atoms with Crippen LogP contribution in [0.15, 0.2) is 34.9 Å². The summed E-state index contributed by atoms with van der Waals surface area (Å²) in [6.07, 6.45) is 1.56. The lowest BCUT2D eigenvalue weighted by molar-refractivity contribution is -0.384. The van der Waals surface area contributed by atoms with Gasteiger partial charge in [0.05, 0.1) is 17.7 Å². The molecule has 0 aliphatic heterocycles. The van der Waals surface area contributed by atoms with Gasteiger partial charge in [-0.3, -0.25) is 10.1 Å². The smallest absolute Gasteiger partial charge is 0.311 e. The van der Waals surface area contributed by atoms with Crippen LogP contribution in [-0.2, 0) is 6.54 Å². The minimum Gasteiger partial charge on any atom is -0.467 e. The van der Waals surface area contributed by atoms with Crippen LogP contribution in [0.2, 0.25) is 5.15 Å². The third-order valence-corrected chi connectivity index (χ3v) is 2.84. The van der Waals surface area contributed by atoms with E-state index in [1.807, 2.05) is 6.92 Å². The molecule has 100 valence electrons. The summed E-state index contributed by atoms with van der Waals surface area (Å²) in [6, 6.07) is 6.33. The first-order valence-electron chi connectivity index (χ1n) is 5.70. The SMILES string of the molecule is CCN(Cc1ccco1)c1nc(Cl)ccc1[N+](=O)[O-]. The van der Waals surface area contributed by atoms with Gasteiger partial charge in [0.1, 0.15) is 10.9 Å². The first kappa shape index (κ1) is 13.4. The van der Waals surface area contributed by atoms with Crippen molar-refractivity contribution in [1.29, 1.82) is 0 Å². The van der Waals surface area contributed by atoms with Crippen LogP contribution in [-0.4, -0.2) is 16.5 Å². The summed E-state index contributed by atoms with van der Waals surface area (Å²) in [5.41, 5.74) is -0.0715. The molecule has 6 nitrogen and oxygen atoms in total. The Kier molecular flexibility index (Phi) is 4.01. The van der Waals surface area contributed by atoms with E-state index in [4.69, 9.17) is 16.0 Å². The van der Waals surface area contributed by atoms with Gasteiger partial charge in [0, 0.05) is 12.6 Å². The molecule has 2 heterocycles. The largest absolute Gasteiger partial charge is 0.467 e. The Morgan fingerprint density at radius 2 is 2.26 bits per heavy atom. The van der Waals surface area contributed by atoms with Crippen molar-refractivity contribution in [2.24, 2.45) is 0 Å². The fourth-order valence-electron chi connectivity index (χ4n) is 1.72. The van der Waals surface area contributed by atoms with Gasteiger partial charge in [-0.25, -0.2) is 4.98 Å². The summed E-state index contributed by atoms with van der Waals surface area (Å²) < 4.78 is 5.25. The number of pyridine rings is 1. The molecule has 0 aromatic carbocycles. The van der Waals surface area contributed by atoms with Gasteiger partial charge in [0.25, 0.3) is 0 Å². The molecule has 7 heteroatoms. The molecule has 2 aromatic rings. The lowest BCUT2D eigenvalue weighted by Gasteiger charge is -2.20. The first-order valence-corrected chi connectivity index (χ1v) is 6.08. The number of hydrogen-bond donors (Lipinski definition) is 0. The third-order valence-electron chi connectivity index (χ3n) is 2.63. The van der Waals surface area contributed by atoms with E-state index in [9.17, 15) is 10.1 Å².